The lowest BCUT2D eigenvalue weighted by molar-refractivity contribution is 0.0792. The average molecular weight is 399 g/mol. The Kier molecular flexibility index (Phi) is 5.30. The summed E-state index contributed by atoms with van der Waals surface area (Å²) in [5, 5.41) is 12.0. The standard InChI is InChI=1S/C25H25N3O2/c29-23-8-11-28(12-9-23)17-18-1-2-20-14-24(5-3-19(20)13-18)30-25-6-4-21(16-27-25)22-7-10-26-15-22/h1-7,10,13-14,16,23,29H,8-9,11-12,15,17H2. The van der Waals surface area contributed by atoms with E-state index in [1.807, 2.05) is 36.7 Å². The van der Waals surface area contributed by atoms with Crippen molar-refractivity contribution in [1.29, 1.82) is 0 Å². The fraction of sp³-hybridized carbons (Fsp3) is 0.280. The molecule has 0 bridgehead atoms. The molecule has 152 valence electrons. The van der Waals surface area contributed by atoms with Crippen LogP contribution in [0, 0.1) is 0 Å². The largest absolute Gasteiger partial charge is 0.439 e. The van der Waals surface area contributed by atoms with Gasteiger partial charge in [-0.15, -0.1) is 0 Å². The summed E-state index contributed by atoms with van der Waals surface area (Å²) in [6.07, 6.45) is 7.29. The molecule has 0 unspecified atom stereocenters. The summed E-state index contributed by atoms with van der Waals surface area (Å²) in [6, 6.07) is 16.7. The zero-order valence-electron chi connectivity index (χ0n) is 16.9. The fourth-order valence-electron chi connectivity index (χ4n) is 4.06. The molecule has 0 spiro atoms. The summed E-state index contributed by atoms with van der Waals surface area (Å²) in [7, 11) is 0. The number of piperidine rings is 1. The second-order valence-electron chi connectivity index (χ2n) is 8.02. The van der Waals surface area contributed by atoms with Crippen LogP contribution in [0.2, 0.25) is 0 Å². The monoisotopic (exact) mass is 399 g/mol. The lowest BCUT2D eigenvalue weighted by Gasteiger charge is -2.29. The number of aliphatic imine (C=N–C) groups is 1. The maximum absolute atomic E-state index is 9.68. The molecule has 1 N–H and O–H groups in total. The molecule has 1 fully saturated rings. The molecule has 2 aliphatic rings. The van der Waals surface area contributed by atoms with Crippen LogP contribution in [0.25, 0.3) is 16.3 Å². The SMILES string of the molecule is OC1CCN(Cc2ccc3cc(Oc4ccc(C5=CC=NC5)cn4)ccc3c2)CC1. The molecular formula is C25H25N3O2. The second-order valence-corrected chi connectivity index (χ2v) is 8.02. The highest BCUT2D eigenvalue weighted by atomic mass is 16.5. The number of ether oxygens (including phenoxy) is 1. The van der Waals surface area contributed by atoms with Gasteiger partial charge in [0, 0.05) is 38.1 Å². The van der Waals surface area contributed by atoms with E-state index in [4.69, 9.17) is 4.74 Å². The van der Waals surface area contributed by atoms with E-state index in [0.29, 0.717) is 12.4 Å². The van der Waals surface area contributed by atoms with Gasteiger partial charge in [-0.2, -0.15) is 0 Å². The molecule has 5 heteroatoms. The molecule has 1 saturated heterocycles. The van der Waals surface area contributed by atoms with E-state index in [1.54, 1.807) is 0 Å². The Morgan fingerprint density at radius 1 is 1.00 bits per heavy atom. The van der Waals surface area contributed by atoms with Crippen LogP contribution in [-0.2, 0) is 6.54 Å². The van der Waals surface area contributed by atoms with Gasteiger partial charge in [0.1, 0.15) is 5.75 Å². The van der Waals surface area contributed by atoms with Crippen molar-refractivity contribution in [3.05, 3.63) is 71.9 Å². The summed E-state index contributed by atoms with van der Waals surface area (Å²) in [5.41, 5.74) is 3.56. The minimum absolute atomic E-state index is 0.129. The van der Waals surface area contributed by atoms with Crippen LogP contribution in [0.1, 0.15) is 24.0 Å². The minimum Gasteiger partial charge on any atom is -0.439 e. The highest BCUT2D eigenvalue weighted by molar-refractivity contribution is 5.89. The number of allylic oxidation sites excluding steroid dienone is 1. The molecule has 2 aromatic carbocycles. The fourth-order valence-corrected chi connectivity index (χ4v) is 4.06. The first-order chi connectivity index (χ1) is 14.7. The number of aliphatic hydroxyl groups is 1. The molecule has 0 saturated carbocycles. The summed E-state index contributed by atoms with van der Waals surface area (Å²) in [5.74, 6) is 1.37. The topological polar surface area (TPSA) is 58.0 Å². The van der Waals surface area contributed by atoms with E-state index >= 15 is 0 Å². The first kappa shape index (κ1) is 19.0. The lowest BCUT2D eigenvalue weighted by atomic mass is 10.0. The summed E-state index contributed by atoms with van der Waals surface area (Å²) >= 11 is 0. The second kappa shape index (κ2) is 8.38. The van der Waals surface area contributed by atoms with Gasteiger partial charge in [-0.25, -0.2) is 4.98 Å². The minimum atomic E-state index is -0.129. The van der Waals surface area contributed by atoms with Crippen molar-refractivity contribution in [1.82, 2.24) is 9.88 Å². The molecule has 0 radical (unpaired) electrons. The molecule has 3 heterocycles. The normalized spacial score (nSPS) is 17.4. The van der Waals surface area contributed by atoms with Crippen molar-refractivity contribution < 1.29 is 9.84 Å². The number of aromatic nitrogens is 1. The molecule has 0 atom stereocenters. The van der Waals surface area contributed by atoms with Crippen molar-refractivity contribution in [3.8, 4) is 11.6 Å². The Bertz CT molecular complexity index is 1100. The molecule has 3 aromatic rings. The molecule has 1 aromatic heterocycles. The van der Waals surface area contributed by atoms with Gasteiger partial charge in [-0.05, 0) is 70.7 Å². The van der Waals surface area contributed by atoms with Crippen LogP contribution >= 0.6 is 0 Å². The molecule has 0 amide bonds. The molecule has 5 nitrogen and oxygen atoms in total. The number of aliphatic hydroxyl groups excluding tert-OH is 1. The summed E-state index contributed by atoms with van der Waals surface area (Å²) < 4.78 is 5.97. The number of pyridine rings is 1. The van der Waals surface area contributed by atoms with E-state index in [2.05, 4.69) is 45.2 Å². The Labute approximate surface area is 176 Å². The Balaban J connectivity index is 1.27. The molecule has 30 heavy (non-hydrogen) atoms. The predicted molar refractivity (Wildman–Crippen MR) is 120 cm³/mol. The van der Waals surface area contributed by atoms with Crippen molar-refractivity contribution in [2.45, 2.75) is 25.5 Å². The van der Waals surface area contributed by atoms with E-state index in [9.17, 15) is 5.11 Å². The smallest absolute Gasteiger partial charge is 0.219 e. The third-order valence-corrected chi connectivity index (χ3v) is 5.81. The van der Waals surface area contributed by atoms with Gasteiger partial charge in [-0.3, -0.25) is 9.89 Å². The first-order valence-corrected chi connectivity index (χ1v) is 10.5. The lowest BCUT2D eigenvalue weighted by Crippen LogP contribution is -2.35. The maximum Gasteiger partial charge on any atom is 0.219 e. The van der Waals surface area contributed by atoms with Gasteiger partial charge in [-0.1, -0.05) is 18.2 Å². The van der Waals surface area contributed by atoms with Crippen LogP contribution < -0.4 is 4.74 Å². The van der Waals surface area contributed by atoms with Gasteiger partial charge in [0.2, 0.25) is 5.88 Å². The predicted octanol–water partition coefficient (Wildman–Crippen LogP) is 4.45. The molecule has 5 rings (SSSR count). The zero-order chi connectivity index (χ0) is 20.3. The van der Waals surface area contributed by atoms with Gasteiger partial charge < -0.3 is 9.84 Å². The van der Waals surface area contributed by atoms with Crippen molar-refractivity contribution in [2.24, 2.45) is 4.99 Å². The van der Waals surface area contributed by atoms with E-state index in [0.717, 1.165) is 49.2 Å². The van der Waals surface area contributed by atoms with Crippen LogP contribution in [0.4, 0.5) is 0 Å². The molecular weight excluding hydrogens is 374 g/mol. The summed E-state index contributed by atoms with van der Waals surface area (Å²) in [4.78, 5) is 11.1. The summed E-state index contributed by atoms with van der Waals surface area (Å²) in [6.45, 7) is 3.57. The van der Waals surface area contributed by atoms with Crippen molar-refractivity contribution in [3.63, 3.8) is 0 Å². The van der Waals surface area contributed by atoms with E-state index in [1.165, 1.54) is 16.5 Å². The average Bonchev–Trinajstić information content (AvgIpc) is 3.31. The Morgan fingerprint density at radius 3 is 2.60 bits per heavy atom. The quantitative estimate of drug-likeness (QED) is 0.689. The van der Waals surface area contributed by atoms with Gasteiger partial charge in [0.15, 0.2) is 0 Å². The Hall–Kier alpha value is -3.02. The van der Waals surface area contributed by atoms with Gasteiger partial charge in [0.05, 0.1) is 12.6 Å². The van der Waals surface area contributed by atoms with E-state index < -0.39 is 0 Å². The molecule has 0 aliphatic carbocycles. The third kappa shape index (κ3) is 4.27. The van der Waals surface area contributed by atoms with Crippen LogP contribution in [-0.4, -0.2) is 46.9 Å². The zero-order valence-corrected chi connectivity index (χ0v) is 16.9. The van der Waals surface area contributed by atoms with Crippen molar-refractivity contribution in [2.75, 3.05) is 19.6 Å². The van der Waals surface area contributed by atoms with Gasteiger partial charge in [0.25, 0.3) is 0 Å². The van der Waals surface area contributed by atoms with E-state index in [-0.39, 0.29) is 6.10 Å². The van der Waals surface area contributed by atoms with Crippen LogP contribution in [0.15, 0.2) is 65.8 Å². The number of nitrogens with zero attached hydrogens (tertiary/aromatic N) is 3. The third-order valence-electron chi connectivity index (χ3n) is 5.81. The number of likely N-dealkylation sites (tertiary alicyclic amines) is 1. The highest BCUT2D eigenvalue weighted by Crippen LogP contribution is 2.27. The first-order valence-electron chi connectivity index (χ1n) is 10.5. The number of fused-ring (bicyclic) bond motifs is 1. The number of rotatable bonds is 5. The maximum atomic E-state index is 9.68. The van der Waals surface area contributed by atoms with Crippen molar-refractivity contribution >= 4 is 22.6 Å². The molecule has 2 aliphatic heterocycles. The van der Waals surface area contributed by atoms with Crippen LogP contribution in [0.3, 0.4) is 0 Å². The van der Waals surface area contributed by atoms with Crippen LogP contribution in [0.5, 0.6) is 11.6 Å². The highest BCUT2D eigenvalue weighted by Gasteiger charge is 2.17. The van der Waals surface area contributed by atoms with Gasteiger partial charge >= 0.3 is 0 Å². The number of hydrogen-bond acceptors (Lipinski definition) is 5. The number of hydrogen-bond donors (Lipinski definition) is 1. The number of benzene rings is 2. The Morgan fingerprint density at radius 2 is 1.83 bits per heavy atom.